The molecule has 1 aliphatic rings. The molecule has 1 aliphatic heterocycles. The van der Waals surface area contributed by atoms with Crippen LogP contribution in [0, 0.1) is 0 Å². The molecule has 0 saturated carbocycles. The van der Waals surface area contributed by atoms with Crippen LogP contribution in [0.4, 0.5) is 0 Å². The van der Waals surface area contributed by atoms with Crippen LogP contribution in [0.5, 0.6) is 0 Å². The van der Waals surface area contributed by atoms with Crippen molar-refractivity contribution in [2.45, 2.75) is 33.2 Å². The summed E-state index contributed by atoms with van der Waals surface area (Å²) in [5.74, 6) is 0. The highest BCUT2D eigenvalue weighted by Gasteiger charge is 2.17. The van der Waals surface area contributed by atoms with Crippen LogP contribution in [-0.4, -0.2) is 23.3 Å². The molecule has 0 aliphatic carbocycles. The molecular weight excluding hydrogens is 242 g/mol. The fourth-order valence-electron chi connectivity index (χ4n) is 1.41. The van der Waals surface area contributed by atoms with Gasteiger partial charge >= 0.3 is 0 Å². The molecule has 96 valence electrons. The van der Waals surface area contributed by atoms with E-state index in [0.717, 1.165) is 12.0 Å². The van der Waals surface area contributed by atoms with Crippen LogP contribution in [0.15, 0.2) is 12.3 Å². The quantitative estimate of drug-likeness (QED) is 0.887. The zero-order chi connectivity index (χ0) is 12.7. The monoisotopic (exact) mass is 259 g/mol. The van der Waals surface area contributed by atoms with Gasteiger partial charge in [0, 0.05) is 11.8 Å². The summed E-state index contributed by atoms with van der Waals surface area (Å²) in [6.45, 7) is 5.21. The SMILES string of the molecule is CC.OCc1ncc(C2OCCCO2)cc1Cl. The zero-order valence-electron chi connectivity index (χ0n) is 10.1. The maximum Gasteiger partial charge on any atom is 0.185 e. The second-order valence-electron chi connectivity index (χ2n) is 3.28. The Labute approximate surface area is 107 Å². The van der Waals surface area contributed by atoms with Crippen molar-refractivity contribution in [3.05, 3.63) is 28.5 Å². The summed E-state index contributed by atoms with van der Waals surface area (Å²) < 4.78 is 10.8. The van der Waals surface area contributed by atoms with E-state index in [2.05, 4.69) is 4.98 Å². The van der Waals surface area contributed by atoms with Gasteiger partial charge in [-0.3, -0.25) is 4.98 Å². The van der Waals surface area contributed by atoms with Crippen LogP contribution in [-0.2, 0) is 16.1 Å². The Morgan fingerprint density at radius 3 is 2.59 bits per heavy atom. The smallest absolute Gasteiger partial charge is 0.185 e. The average Bonchev–Trinajstić information content (AvgIpc) is 2.42. The van der Waals surface area contributed by atoms with Crippen molar-refractivity contribution in [1.29, 1.82) is 0 Å². The Morgan fingerprint density at radius 2 is 2.06 bits per heavy atom. The number of aromatic nitrogens is 1. The summed E-state index contributed by atoms with van der Waals surface area (Å²) in [7, 11) is 0. The van der Waals surface area contributed by atoms with Crippen LogP contribution in [0.1, 0.15) is 37.8 Å². The largest absolute Gasteiger partial charge is 0.390 e. The molecule has 1 aromatic rings. The van der Waals surface area contributed by atoms with Gasteiger partial charge < -0.3 is 14.6 Å². The molecule has 2 heterocycles. The number of rotatable bonds is 2. The minimum absolute atomic E-state index is 0.161. The van der Waals surface area contributed by atoms with E-state index in [1.807, 2.05) is 13.8 Å². The maximum atomic E-state index is 8.91. The molecule has 0 amide bonds. The van der Waals surface area contributed by atoms with Crippen molar-refractivity contribution in [2.75, 3.05) is 13.2 Å². The van der Waals surface area contributed by atoms with Gasteiger partial charge in [-0.2, -0.15) is 0 Å². The van der Waals surface area contributed by atoms with E-state index in [1.54, 1.807) is 12.3 Å². The van der Waals surface area contributed by atoms with E-state index in [1.165, 1.54) is 0 Å². The summed E-state index contributed by atoms with van der Waals surface area (Å²) in [6, 6.07) is 1.72. The van der Waals surface area contributed by atoms with Gasteiger partial charge in [-0.05, 0) is 12.5 Å². The van der Waals surface area contributed by atoms with Crippen LogP contribution in [0.2, 0.25) is 5.02 Å². The fraction of sp³-hybridized carbons (Fsp3) is 0.583. The van der Waals surface area contributed by atoms with Gasteiger partial charge in [-0.1, -0.05) is 25.4 Å². The summed E-state index contributed by atoms with van der Waals surface area (Å²) in [5.41, 5.74) is 1.26. The molecule has 17 heavy (non-hydrogen) atoms. The van der Waals surface area contributed by atoms with Crippen LogP contribution >= 0.6 is 11.6 Å². The Morgan fingerprint density at radius 1 is 1.41 bits per heavy atom. The average molecular weight is 260 g/mol. The van der Waals surface area contributed by atoms with Crippen molar-refractivity contribution < 1.29 is 14.6 Å². The first kappa shape index (κ1) is 14.4. The molecule has 0 radical (unpaired) electrons. The van der Waals surface area contributed by atoms with Gasteiger partial charge in [0.05, 0.1) is 30.5 Å². The topological polar surface area (TPSA) is 51.6 Å². The standard InChI is InChI=1S/C10H12ClNO3.C2H6/c11-8-4-7(5-12-9(8)6-13)10-14-2-1-3-15-10;1-2/h4-5,10,13H,1-3,6H2;1-2H3. The molecule has 1 fully saturated rings. The molecule has 2 rings (SSSR count). The first-order chi connectivity index (χ1) is 8.31. The molecule has 4 nitrogen and oxygen atoms in total. The van der Waals surface area contributed by atoms with Crippen LogP contribution < -0.4 is 0 Å². The predicted octanol–water partition coefficient (Wildman–Crippen LogP) is 2.69. The van der Waals surface area contributed by atoms with Crippen LogP contribution in [0.3, 0.4) is 0 Å². The lowest BCUT2D eigenvalue weighted by molar-refractivity contribution is -0.183. The molecule has 0 spiro atoms. The third kappa shape index (κ3) is 3.92. The number of halogens is 1. The highest BCUT2D eigenvalue weighted by atomic mass is 35.5. The second-order valence-corrected chi connectivity index (χ2v) is 3.69. The number of hydrogen-bond donors (Lipinski definition) is 1. The molecule has 1 N–H and O–H groups in total. The highest BCUT2D eigenvalue weighted by molar-refractivity contribution is 6.31. The van der Waals surface area contributed by atoms with Crippen molar-refractivity contribution in [3.63, 3.8) is 0 Å². The van der Waals surface area contributed by atoms with Crippen molar-refractivity contribution >= 4 is 11.6 Å². The minimum Gasteiger partial charge on any atom is -0.390 e. The molecule has 0 unspecified atom stereocenters. The summed E-state index contributed by atoms with van der Waals surface area (Å²) in [4.78, 5) is 4.03. The second kappa shape index (κ2) is 7.61. The Balaban J connectivity index is 0.000000686. The lowest BCUT2D eigenvalue weighted by Crippen LogP contribution is -2.18. The van der Waals surface area contributed by atoms with Crippen molar-refractivity contribution in [2.24, 2.45) is 0 Å². The minimum atomic E-state index is -0.378. The highest BCUT2D eigenvalue weighted by Crippen LogP contribution is 2.25. The first-order valence-corrected chi connectivity index (χ1v) is 6.17. The molecule has 0 atom stereocenters. The van der Waals surface area contributed by atoms with Crippen molar-refractivity contribution in [3.8, 4) is 0 Å². The number of nitrogens with zero attached hydrogens (tertiary/aromatic N) is 1. The fourth-order valence-corrected chi connectivity index (χ4v) is 1.64. The number of pyridine rings is 1. The normalized spacial score (nSPS) is 16.2. The number of ether oxygens (including phenoxy) is 2. The third-order valence-electron chi connectivity index (χ3n) is 2.19. The summed E-state index contributed by atoms with van der Waals surface area (Å²) in [5, 5.41) is 9.35. The van der Waals surface area contributed by atoms with Crippen molar-refractivity contribution in [1.82, 2.24) is 4.98 Å². The molecule has 0 aromatic carbocycles. The molecule has 0 bridgehead atoms. The lowest BCUT2D eigenvalue weighted by atomic mass is 10.2. The van der Waals surface area contributed by atoms with E-state index in [4.69, 9.17) is 26.2 Å². The maximum absolute atomic E-state index is 8.91. The zero-order valence-corrected chi connectivity index (χ0v) is 10.9. The molecular formula is C12H18ClNO3. The van der Waals surface area contributed by atoms with Gasteiger partial charge in [0.1, 0.15) is 0 Å². The van der Waals surface area contributed by atoms with Crippen LogP contribution in [0.25, 0.3) is 0 Å². The Bertz CT molecular complexity index is 341. The molecule has 5 heteroatoms. The number of aliphatic hydroxyl groups is 1. The predicted molar refractivity (Wildman–Crippen MR) is 65.8 cm³/mol. The van der Waals surface area contributed by atoms with Gasteiger partial charge in [0.2, 0.25) is 0 Å². The van der Waals surface area contributed by atoms with E-state index in [9.17, 15) is 0 Å². The molecule has 1 aromatic heterocycles. The van der Waals surface area contributed by atoms with E-state index >= 15 is 0 Å². The summed E-state index contributed by atoms with van der Waals surface area (Å²) >= 11 is 5.92. The Kier molecular flexibility index (Phi) is 6.44. The van der Waals surface area contributed by atoms with Gasteiger partial charge in [-0.25, -0.2) is 0 Å². The van der Waals surface area contributed by atoms with E-state index in [0.29, 0.717) is 23.9 Å². The van der Waals surface area contributed by atoms with E-state index in [-0.39, 0.29) is 12.9 Å². The van der Waals surface area contributed by atoms with Gasteiger partial charge in [-0.15, -0.1) is 0 Å². The summed E-state index contributed by atoms with van der Waals surface area (Å²) in [6.07, 6.45) is 2.15. The van der Waals surface area contributed by atoms with Gasteiger partial charge in [0.25, 0.3) is 0 Å². The lowest BCUT2D eigenvalue weighted by Gasteiger charge is -2.23. The van der Waals surface area contributed by atoms with Gasteiger partial charge in [0.15, 0.2) is 6.29 Å². The first-order valence-electron chi connectivity index (χ1n) is 5.79. The Hall–Kier alpha value is -0.680. The number of hydrogen-bond acceptors (Lipinski definition) is 4. The van der Waals surface area contributed by atoms with E-state index < -0.39 is 0 Å². The molecule has 1 saturated heterocycles. The number of aliphatic hydroxyl groups excluding tert-OH is 1. The third-order valence-corrected chi connectivity index (χ3v) is 2.51.